The molecule has 32 heavy (non-hydrogen) atoms. The van der Waals surface area contributed by atoms with Crippen molar-refractivity contribution in [3.8, 4) is 0 Å². The van der Waals surface area contributed by atoms with E-state index in [1.165, 1.54) is 41.3 Å². The van der Waals surface area contributed by atoms with E-state index >= 15 is 0 Å². The predicted molar refractivity (Wildman–Crippen MR) is 129 cm³/mol. The highest BCUT2D eigenvalue weighted by atomic mass is 32.2. The molecule has 9 heteroatoms. The highest BCUT2D eigenvalue weighted by Crippen LogP contribution is 2.31. The minimum atomic E-state index is -0.470. The van der Waals surface area contributed by atoms with Crippen molar-refractivity contribution in [2.24, 2.45) is 0 Å². The van der Waals surface area contributed by atoms with Gasteiger partial charge in [0.05, 0.1) is 16.0 Å². The van der Waals surface area contributed by atoms with Gasteiger partial charge in [-0.1, -0.05) is 30.0 Å². The number of halogens is 1. The molecule has 0 aliphatic carbocycles. The fourth-order valence-corrected chi connectivity index (χ4v) is 4.86. The lowest BCUT2D eigenvalue weighted by molar-refractivity contribution is -0.113. The summed E-state index contributed by atoms with van der Waals surface area (Å²) in [7, 11) is 0. The quantitative estimate of drug-likeness (QED) is 0.299. The number of urea groups is 1. The summed E-state index contributed by atoms with van der Waals surface area (Å²) in [5, 5.41) is 8.20. The third kappa shape index (κ3) is 5.83. The van der Waals surface area contributed by atoms with E-state index in [1.54, 1.807) is 18.2 Å². The molecule has 1 aromatic heterocycles. The molecule has 1 heterocycles. The molecule has 0 saturated carbocycles. The van der Waals surface area contributed by atoms with Gasteiger partial charge in [0.25, 0.3) is 0 Å². The first-order valence-electron chi connectivity index (χ1n) is 9.68. The monoisotopic (exact) mass is 466 g/mol. The fourth-order valence-electron chi connectivity index (χ4n) is 2.95. The zero-order valence-electron chi connectivity index (χ0n) is 17.0. The van der Waals surface area contributed by atoms with E-state index in [-0.39, 0.29) is 11.7 Å². The van der Waals surface area contributed by atoms with Crippen molar-refractivity contribution < 1.29 is 14.0 Å². The molecule has 0 radical (unpaired) electrons. The number of anilines is 3. The van der Waals surface area contributed by atoms with E-state index in [0.717, 1.165) is 25.8 Å². The maximum atomic E-state index is 13.3. The summed E-state index contributed by atoms with van der Waals surface area (Å²) in [5.74, 6) is -0.280. The zero-order valence-corrected chi connectivity index (χ0v) is 18.6. The molecule has 0 saturated heterocycles. The van der Waals surface area contributed by atoms with Gasteiger partial charge in [-0.25, -0.2) is 14.2 Å². The molecule has 4 rings (SSSR count). The van der Waals surface area contributed by atoms with Crippen LogP contribution < -0.4 is 16.0 Å². The number of aryl methyl sites for hydroxylation is 1. The first-order chi connectivity index (χ1) is 15.4. The number of benzene rings is 3. The maximum Gasteiger partial charge on any atom is 0.323 e. The summed E-state index contributed by atoms with van der Waals surface area (Å²) >= 11 is 2.81. The Morgan fingerprint density at radius 3 is 2.41 bits per heavy atom. The molecule has 0 aliphatic heterocycles. The van der Waals surface area contributed by atoms with E-state index in [0.29, 0.717) is 11.4 Å². The number of aromatic nitrogens is 1. The molecule has 0 fully saturated rings. The number of nitrogens with one attached hydrogen (secondary N) is 3. The van der Waals surface area contributed by atoms with Crippen molar-refractivity contribution in [2.75, 3.05) is 21.7 Å². The van der Waals surface area contributed by atoms with Crippen molar-refractivity contribution in [1.82, 2.24) is 4.98 Å². The van der Waals surface area contributed by atoms with E-state index in [9.17, 15) is 14.0 Å². The Bertz CT molecular complexity index is 1290. The van der Waals surface area contributed by atoms with Gasteiger partial charge in [0.15, 0.2) is 4.34 Å². The molecule has 3 aromatic carbocycles. The lowest BCUT2D eigenvalue weighted by Crippen LogP contribution is -2.19. The first kappa shape index (κ1) is 21.8. The standard InChI is InChI=1S/C23H19FN4O2S2/c1-14-4-2-6-16(10-14)25-21(29)13-31-23-28-19-9-8-18(12-20(19)32-23)27-22(30)26-17-7-3-5-15(24)11-17/h2-12H,13H2,1H3,(H,25,29)(H2,26,27,30). The molecular weight excluding hydrogens is 447 g/mol. The molecular formula is C23H19FN4O2S2. The van der Waals surface area contributed by atoms with Gasteiger partial charge in [-0.15, -0.1) is 11.3 Å². The van der Waals surface area contributed by atoms with Crippen LogP contribution in [-0.2, 0) is 4.79 Å². The zero-order chi connectivity index (χ0) is 22.5. The minimum absolute atomic E-state index is 0.101. The maximum absolute atomic E-state index is 13.3. The van der Waals surface area contributed by atoms with Gasteiger partial charge in [0, 0.05) is 17.1 Å². The van der Waals surface area contributed by atoms with Gasteiger partial charge in [-0.05, 0) is 61.0 Å². The summed E-state index contributed by atoms with van der Waals surface area (Å²) in [6.45, 7) is 1.97. The highest BCUT2D eigenvalue weighted by Gasteiger charge is 2.10. The second kappa shape index (κ2) is 9.80. The van der Waals surface area contributed by atoms with Crippen molar-refractivity contribution in [3.63, 3.8) is 0 Å². The second-order valence-corrected chi connectivity index (χ2v) is 9.21. The third-order valence-corrected chi connectivity index (χ3v) is 6.50. The Balaban J connectivity index is 1.35. The summed E-state index contributed by atoms with van der Waals surface area (Å²) in [6.07, 6.45) is 0. The number of amides is 3. The number of thioether (sulfide) groups is 1. The van der Waals surface area contributed by atoms with Gasteiger partial charge in [0.1, 0.15) is 5.82 Å². The number of hydrogen-bond donors (Lipinski definition) is 3. The SMILES string of the molecule is Cc1cccc(NC(=O)CSc2nc3ccc(NC(=O)Nc4cccc(F)c4)cc3s2)c1. The summed E-state index contributed by atoms with van der Waals surface area (Å²) in [6, 6.07) is 18.2. The van der Waals surface area contributed by atoms with Crippen molar-refractivity contribution in [3.05, 3.63) is 78.1 Å². The number of hydrogen-bond acceptors (Lipinski definition) is 5. The lowest BCUT2D eigenvalue weighted by Gasteiger charge is -2.07. The van der Waals surface area contributed by atoms with Crippen LogP contribution in [0.3, 0.4) is 0 Å². The van der Waals surface area contributed by atoms with E-state index in [2.05, 4.69) is 20.9 Å². The van der Waals surface area contributed by atoms with Gasteiger partial charge >= 0.3 is 6.03 Å². The first-order valence-corrected chi connectivity index (χ1v) is 11.5. The van der Waals surface area contributed by atoms with Crippen molar-refractivity contribution >= 4 is 62.3 Å². The molecule has 0 atom stereocenters. The Kier molecular flexibility index (Phi) is 6.67. The molecule has 0 unspecified atom stereocenters. The largest absolute Gasteiger partial charge is 0.325 e. The smallest absolute Gasteiger partial charge is 0.323 e. The normalized spacial score (nSPS) is 10.7. The summed E-state index contributed by atoms with van der Waals surface area (Å²) in [4.78, 5) is 28.9. The number of carbonyl (C=O) groups excluding carboxylic acids is 2. The van der Waals surface area contributed by atoms with E-state index in [4.69, 9.17) is 0 Å². The van der Waals surface area contributed by atoms with Crippen LogP contribution in [0.1, 0.15) is 5.56 Å². The van der Waals surface area contributed by atoms with E-state index < -0.39 is 11.8 Å². The predicted octanol–water partition coefficient (Wildman–Crippen LogP) is 6.12. The number of carbonyl (C=O) groups is 2. The van der Waals surface area contributed by atoms with Crippen LogP contribution in [0.15, 0.2) is 71.1 Å². The average molecular weight is 467 g/mol. The highest BCUT2D eigenvalue weighted by molar-refractivity contribution is 8.01. The number of nitrogens with zero attached hydrogens (tertiary/aromatic N) is 1. The summed E-state index contributed by atoms with van der Waals surface area (Å²) < 4.78 is 14.9. The number of thiazole rings is 1. The van der Waals surface area contributed by atoms with Crippen LogP contribution >= 0.6 is 23.1 Å². The van der Waals surface area contributed by atoms with Gasteiger partial charge in [-0.3, -0.25) is 4.79 Å². The number of fused-ring (bicyclic) bond motifs is 1. The molecule has 4 aromatic rings. The van der Waals surface area contributed by atoms with Gasteiger partial charge in [-0.2, -0.15) is 0 Å². The third-order valence-electron chi connectivity index (χ3n) is 4.34. The van der Waals surface area contributed by atoms with Crippen LogP contribution in [0.25, 0.3) is 10.2 Å². The van der Waals surface area contributed by atoms with Crippen LogP contribution in [0.2, 0.25) is 0 Å². The van der Waals surface area contributed by atoms with Gasteiger partial charge in [0.2, 0.25) is 5.91 Å². The molecule has 3 amide bonds. The fraction of sp³-hybridized carbons (Fsp3) is 0.0870. The molecule has 0 aliphatic rings. The van der Waals surface area contributed by atoms with Crippen molar-refractivity contribution in [2.45, 2.75) is 11.3 Å². The number of rotatable bonds is 6. The van der Waals surface area contributed by atoms with Gasteiger partial charge < -0.3 is 16.0 Å². The van der Waals surface area contributed by atoms with E-state index in [1.807, 2.05) is 37.3 Å². The summed E-state index contributed by atoms with van der Waals surface area (Å²) in [5.41, 5.74) is 3.59. The Hall–Kier alpha value is -3.43. The van der Waals surface area contributed by atoms with Crippen molar-refractivity contribution in [1.29, 1.82) is 0 Å². The topological polar surface area (TPSA) is 83.1 Å². The second-order valence-electron chi connectivity index (χ2n) is 6.96. The minimum Gasteiger partial charge on any atom is -0.325 e. The lowest BCUT2D eigenvalue weighted by atomic mass is 10.2. The Morgan fingerprint density at radius 1 is 0.938 bits per heavy atom. The van der Waals surface area contributed by atoms with Crippen LogP contribution in [0.5, 0.6) is 0 Å². The molecule has 6 nitrogen and oxygen atoms in total. The molecule has 0 spiro atoms. The Labute approximate surface area is 192 Å². The molecule has 162 valence electrons. The van der Waals surface area contributed by atoms with Crippen LogP contribution in [0.4, 0.5) is 26.2 Å². The van der Waals surface area contributed by atoms with Crippen LogP contribution in [0, 0.1) is 12.7 Å². The molecule has 0 bridgehead atoms. The van der Waals surface area contributed by atoms with Crippen LogP contribution in [-0.4, -0.2) is 22.7 Å². The average Bonchev–Trinajstić information content (AvgIpc) is 3.14. The Morgan fingerprint density at radius 2 is 1.66 bits per heavy atom. The molecule has 3 N–H and O–H groups in total.